The fourth-order valence-corrected chi connectivity index (χ4v) is 19.1. The number of thioether (sulfide) groups is 4. The molecule has 0 aliphatic heterocycles. The average Bonchev–Trinajstić information content (AvgIpc) is 0.820. The van der Waals surface area contributed by atoms with Crippen LogP contribution in [0.15, 0.2) is 376 Å². The number of hydrogen-bond acceptors (Lipinski definition) is 18. The van der Waals surface area contributed by atoms with E-state index in [1.807, 2.05) is 288 Å². The third-order valence-electron chi connectivity index (χ3n) is 23.1. The van der Waals surface area contributed by atoms with E-state index in [9.17, 15) is 78.0 Å². The van der Waals surface area contributed by atoms with Crippen molar-refractivity contribution in [3.05, 3.63) is 442 Å². The highest BCUT2D eigenvalue weighted by molar-refractivity contribution is 7.99. The standard InChI is InChI=1S/C32H30N2O5S.C31H27ClN2O4S.C28H30N2O5S.C28H30N2O4S/c1-39-28-17-15-23(16-18-28)20-34(30(35)27-14-8-13-26(19-27)25-11-6-3-7-12-25)32(38)33-29(31(36)37)22-40-21-24-9-4-2-5-10-24;32-27-16-14-22(15-17-27)19-34(29(35)26-13-7-12-25(18-26)24-10-5-2-6-11-24)31(38)33-28(30(36)37)21-39-20-23-8-3-1-4-9-23;1-3-17-30(28(34)29-25(27(32)33)19-36-18-20-7-5-4-6-8-20)26(31)23-11-9-21(10-12-23)22-13-15-24(35-2)16-14-22;1-3-17-30(26(31)24-15-13-23(14-16-24)22-11-9-20(2)10-12-22)28(34)29-25(27(32)33)19-35-18-21-7-5-4-6-8-21/h2-19,29H,20-22H2,1H3,(H,33,38)(H,36,37);1-18,28H,19-21H2,(H,33,38)(H,36,37);4-16,25H,3,17-19H2,1-2H3,(H,29,34)(H,32,33);4-16,25H,3,17-19H2,1-2H3,(H,29,34)(H,32,33)/t29-;28-;2*25-/m0000/s1. The van der Waals surface area contributed by atoms with E-state index in [1.54, 1.807) is 123 Å². The fourth-order valence-electron chi connectivity index (χ4n) is 15.0. The first kappa shape index (κ1) is 114. The molecule has 772 valence electrons. The molecule has 150 heavy (non-hydrogen) atoms. The molecule has 0 spiro atoms. The van der Waals surface area contributed by atoms with E-state index < -0.39 is 95.8 Å². The van der Waals surface area contributed by atoms with Gasteiger partial charge in [0.05, 0.1) is 27.3 Å². The molecule has 26 nitrogen and oxygen atoms in total. The Bertz CT molecular complexity index is 6750. The number of rotatable bonds is 42. The Labute approximate surface area is 894 Å². The Balaban J connectivity index is 0.000000190. The molecular weight excluding hydrogens is 1990 g/mol. The molecule has 0 saturated heterocycles. The maximum atomic E-state index is 13.7. The van der Waals surface area contributed by atoms with E-state index in [-0.39, 0.29) is 49.2 Å². The summed E-state index contributed by atoms with van der Waals surface area (Å²) in [5.74, 6) is -2.12. The number of carboxylic acid groups (broad SMARTS) is 4. The molecular formula is C119H117ClN8O18S4. The van der Waals surface area contributed by atoms with Crippen LogP contribution in [0.4, 0.5) is 19.2 Å². The lowest BCUT2D eigenvalue weighted by Crippen LogP contribution is -2.51. The summed E-state index contributed by atoms with van der Waals surface area (Å²) < 4.78 is 10.4. The van der Waals surface area contributed by atoms with Gasteiger partial charge in [0.1, 0.15) is 35.7 Å². The van der Waals surface area contributed by atoms with E-state index in [2.05, 4.69) is 21.3 Å². The molecule has 0 unspecified atom stereocenters. The van der Waals surface area contributed by atoms with Crippen molar-refractivity contribution < 1.29 is 87.4 Å². The zero-order chi connectivity index (χ0) is 107. The van der Waals surface area contributed by atoms with E-state index in [4.69, 9.17) is 21.1 Å². The molecule has 4 atom stereocenters. The molecule has 0 heterocycles. The summed E-state index contributed by atoms with van der Waals surface area (Å²) in [4.78, 5) is 158. The summed E-state index contributed by atoms with van der Waals surface area (Å²) in [6.07, 6.45) is 1.10. The molecule has 0 fully saturated rings. The van der Waals surface area contributed by atoms with Crippen LogP contribution in [0.1, 0.15) is 107 Å². The number of ether oxygens (including phenoxy) is 2. The number of nitrogens with one attached hydrogen (secondary N) is 4. The monoisotopic (exact) mass is 2110 g/mol. The van der Waals surface area contributed by atoms with Crippen LogP contribution < -0.4 is 30.7 Å². The van der Waals surface area contributed by atoms with Crippen molar-refractivity contribution in [3.8, 4) is 56.0 Å². The van der Waals surface area contributed by atoms with Gasteiger partial charge in [-0.15, -0.1) is 0 Å². The van der Waals surface area contributed by atoms with Crippen molar-refractivity contribution in [2.24, 2.45) is 0 Å². The van der Waals surface area contributed by atoms with Gasteiger partial charge in [-0.3, -0.25) is 38.8 Å². The van der Waals surface area contributed by atoms with Gasteiger partial charge in [0, 0.05) is 86.4 Å². The van der Waals surface area contributed by atoms with Gasteiger partial charge in [-0.2, -0.15) is 47.0 Å². The molecule has 14 aromatic rings. The second-order valence-corrected chi connectivity index (χ2v) is 38.7. The van der Waals surface area contributed by atoms with Crippen LogP contribution in [0.2, 0.25) is 5.02 Å². The van der Waals surface area contributed by atoms with E-state index >= 15 is 0 Å². The van der Waals surface area contributed by atoms with Crippen LogP contribution in [0.25, 0.3) is 44.5 Å². The number of carboxylic acids is 4. The number of hydrogen-bond donors (Lipinski definition) is 8. The molecule has 8 N–H and O–H groups in total. The number of urea groups is 4. The highest BCUT2D eigenvalue weighted by atomic mass is 35.5. The van der Waals surface area contributed by atoms with Crippen molar-refractivity contribution in [3.63, 3.8) is 0 Å². The quantitative estimate of drug-likeness (QED) is 0.0176. The zero-order valence-corrected chi connectivity index (χ0v) is 87.3. The van der Waals surface area contributed by atoms with Crippen LogP contribution in [0, 0.1) is 6.92 Å². The zero-order valence-electron chi connectivity index (χ0n) is 83.3. The van der Waals surface area contributed by atoms with Crippen molar-refractivity contribution in [1.29, 1.82) is 0 Å². The smallest absolute Gasteiger partial charge is 0.327 e. The van der Waals surface area contributed by atoms with Crippen LogP contribution in [-0.4, -0.2) is 186 Å². The highest BCUT2D eigenvalue weighted by Gasteiger charge is 2.34. The predicted molar refractivity (Wildman–Crippen MR) is 596 cm³/mol. The van der Waals surface area contributed by atoms with E-state index in [0.717, 1.165) is 92.1 Å². The molecule has 12 amide bonds. The molecule has 0 aliphatic rings. The van der Waals surface area contributed by atoms with E-state index in [1.165, 1.54) is 52.6 Å². The lowest BCUT2D eigenvalue weighted by molar-refractivity contribution is -0.139. The molecule has 0 saturated carbocycles. The molecule has 0 bridgehead atoms. The maximum Gasteiger partial charge on any atom is 0.327 e. The average molecular weight is 2110 g/mol. The number of imide groups is 4. The third kappa shape index (κ3) is 36.2. The minimum atomic E-state index is -1.18. The van der Waals surface area contributed by atoms with Gasteiger partial charge in [0.25, 0.3) is 23.6 Å². The summed E-state index contributed by atoms with van der Waals surface area (Å²) in [5.41, 5.74) is 15.5. The van der Waals surface area contributed by atoms with Crippen LogP contribution in [0.3, 0.4) is 0 Å². The largest absolute Gasteiger partial charge is 0.497 e. The Hall–Kier alpha value is -16.0. The molecule has 0 aliphatic carbocycles. The van der Waals surface area contributed by atoms with Gasteiger partial charge in [-0.1, -0.05) is 322 Å². The van der Waals surface area contributed by atoms with Crippen LogP contribution in [0.5, 0.6) is 11.5 Å². The van der Waals surface area contributed by atoms with Crippen LogP contribution >= 0.6 is 58.6 Å². The second-order valence-electron chi connectivity index (χ2n) is 34.2. The first-order valence-corrected chi connectivity index (χ1v) is 53.1. The predicted octanol–water partition coefficient (Wildman–Crippen LogP) is 23.8. The lowest BCUT2D eigenvalue weighted by Gasteiger charge is -2.24. The lowest BCUT2D eigenvalue weighted by atomic mass is 10.0. The van der Waals surface area contributed by atoms with Gasteiger partial charge in [-0.25, -0.2) is 38.4 Å². The Morgan fingerprint density at radius 1 is 0.273 bits per heavy atom. The fraction of sp³-hybridized carbons (Fsp3) is 0.193. The second kappa shape index (κ2) is 60.3. The topological polar surface area (TPSA) is 365 Å². The number of amides is 12. The number of aliphatic carboxylic acids is 4. The summed E-state index contributed by atoms with van der Waals surface area (Å²) >= 11 is 11.6. The molecule has 0 aromatic heterocycles. The summed E-state index contributed by atoms with van der Waals surface area (Å²) in [7, 11) is 3.16. The van der Waals surface area contributed by atoms with Gasteiger partial charge in [0.15, 0.2) is 0 Å². The normalized spacial score (nSPS) is 11.4. The van der Waals surface area contributed by atoms with Crippen molar-refractivity contribution in [1.82, 2.24) is 40.9 Å². The minimum Gasteiger partial charge on any atom is -0.497 e. The highest BCUT2D eigenvalue weighted by Crippen LogP contribution is 2.30. The van der Waals surface area contributed by atoms with Gasteiger partial charge in [-0.05, 0) is 183 Å². The molecule has 31 heteroatoms. The van der Waals surface area contributed by atoms with Crippen molar-refractivity contribution in [2.75, 3.05) is 50.3 Å². The first-order valence-electron chi connectivity index (χ1n) is 48.1. The maximum absolute atomic E-state index is 13.7. The molecule has 14 rings (SSSR count). The first-order chi connectivity index (χ1) is 72.6. The summed E-state index contributed by atoms with van der Waals surface area (Å²) in [5, 5.41) is 49.5. The number of carbonyl (C=O) groups is 12. The van der Waals surface area contributed by atoms with Crippen molar-refractivity contribution in [2.45, 2.75) is 93.9 Å². The van der Waals surface area contributed by atoms with E-state index in [0.29, 0.717) is 80.0 Å². The minimum absolute atomic E-state index is 0.0479. The SMILES string of the molecule is CCCN(C(=O)N[C@@H](CSCc1ccccc1)C(=O)O)C(=O)c1ccc(-c2ccc(C)cc2)cc1.CCCN(C(=O)N[C@@H](CSCc1ccccc1)C(=O)O)C(=O)c1ccc(-c2ccc(OC)cc2)cc1.COc1ccc(CN(C(=O)N[C@@H](CSCc2ccccc2)C(=O)O)C(=O)c2cccc(-c3ccccc3)c2)cc1.O=C(O)[C@H](CSCc1ccccc1)NC(=O)N(Cc1ccc(Cl)cc1)C(=O)c1cccc(-c2ccccc2)c1. The summed E-state index contributed by atoms with van der Waals surface area (Å²) in [6, 6.07) is 108. The Kier molecular flexibility index (Phi) is 46.0. The number of carbonyl (C=O) groups excluding carboxylic acids is 8. The third-order valence-corrected chi connectivity index (χ3v) is 27.8. The number of methoxy groups -OCH3 is 2. The molecule has 0 radical (unpaired) electrons. The molecule has 14 aromatic carbocycles. The van der Waals surface area contributed by atoms with Crippen molar-refractivity contribution >= 4 is 130 Å². The number of benzene rings is 14. The summed E-state index contributed by atoms with van der Waals surface area (Å²) in [6.45, 7) is 6.00. The number of halogens is 1. The Morgan fingerprint density at radius 3 is 0.793 bits per heavy atom. The number of aryl methyl sites for hydroxylation is 1. The Morgan fingerprint density at radius 2 is 0.513 bits per heavy atom. The van der Waals surface area contributed by atoms with Gasteiger partial charge >= 0.3 is 48.0 Å². The van der Waals surface area contributed by atoms with Gasteiger partial charge < -0.3 is 51.2 Å². The van der Waals surface area contributed by atoms with Crippen LogP contribution in [-0.2, 0) is 55.3 Å². The number of nitrogens with zero attached hydrogens (tertiary/aromatic N) is 4. The van der Waals surface area contributed by atoms with Gasteiger partial charge in [0.2, 0.25) is 0 Å².